The van der Waals surface area contributed by atoms with Crippen molar-refractivity contribution in [2.24, 2.45) is 0 Å². The van der Waals surface area contributed by atoms with Crippen LogP contribution in [0, 0.1) is 0 Å². The maximum absolute atomic E-state index is 5.96. The minimum atomic E-state index is 0. The van der Waals surface area contributed by atoms with Gasteiger partial charge in [-0.15, -0.1) is 12.4 Å². The van der Waals surface area contributed by atoms with Gasteiger partial charge in [-0.1, -0.05) is 47.6 Å². The molecule has 4 rings (SSSR count). The molecule has 1 aromatic heterocycles. The summed E-state index contributed by atoms with van der Waals surface area (Å²) in [4.78, 5) is 0. The number of para-hydroxylation sites is 2. The SMILES string of the molecule is COc1ccccc1CCNCc1ccc(Oc2nnnn2-c2ccccc2)c(OC)c1.Cl. The van der Waals surface area contributed by atoms with Crippen LogP contribution in [0.2, 0.25) is 0 Å². The first-order chi connectivity index (χ1) is 15.8. The highest BCUT2D eigenvalue weighted by Gasteiger charge is 2.14. The van der Waals surface area contributed by atoms with Crippen LogP contribution in [0.1, 0.15) is 11.1 Å². The molecule has 0 amide bonds. The Morgan fingerprint density at radius 3 is 2.39 bits per heavy atom. The van der Waals surface area contributed by atoms with Crippen molar-refractivity contribution in [1.29, 1.82) is 0 Å². The molecule has 4 aromatic rings. The molecule has 0 saturated carbocycles. The fourth-order valence-corrected chi connectivity index (χ4v) is 3.34. The molecular weight excluding hydrogens is 442 g/mol. The van der Waals surface area contributed by atoms with Gasteiger partial charge < -0.3 is 19.5 Å². The molecule has 33 heavy (non-hydrogen) atoms. The summed E-state index contributed by atoms with van der Waals surface area (Å²) in [5.74, 6) is 2.06. The van der Waals surface area contributed by atoms with Crippen LogP contribution in [0.5, 0.6) is 23.3 Å². The molecule has 0 aliphatic carbocycles. The molecule has 172 valence electrons. The van der Waals surface area contributed by atoms with E-state index in [1.54, 1.807) is 14.2 Å². The molecule has 1 N–H and O–H groups in total. The van der Waals surface area contributed by atoms with Gasteiger partial charge in [0.1, 0.15) is 5.75 Å². The van der Waals surface area contributed by atoms with Gasteiger partial charge in [-0.3, -0.25) is 0 Å². The van der Waals surface area contributed by atoms with Crippen molar-refractivity contribution in [3.63, 3.8) is 0 Å². The van der Waals surface area contributed by atoms with Gasteiger partial charge in [-0.05, 0) is 64.9 Å². The predicted octanol–water partition coefficient (Wildman–Crippen LogP) is 4.23. The van der Waals surface area contributed by atoms with Crippen LogP contribution in [0.3, 0.4) is 0 Å². The maximum atomic E-state index is 5.96. The number of tetrazole rings is 1. The van der Waals surface area contributed by atoms with Crippen LogP contribution in [0.4, 0.5) is 0 Å². The Morgan fingerprint density at radius 2 is 1.61 bits per heavy atom. The third-order valence-electron chi connectivity index (χ3n) is 4.96. The fourth-order valence-electron chi connectivity index (χ4n) is 3.34. The summed E-state index contributed by atoms with van der Waals surface area (Å²) in [5, 5.41) is 15.2. The van der Waals surface area contributed by atoms with Crippen molar-refractivity contribution in [2.45, 2.75) is 13.0 Å². The van der Waals surface area contributed by atoms with Crippen molar-refractivity contribution >= 4 is 12.4 Å². The fraction of sp³-hybridized carbons (Fsp3) is 0.208. The molecule has 0 aliphatic rings. The molecule has 0 spiro atoms. The summed E-state index contributed by atoms with van der Waals surface area (Å²) in [6, 6.07) is 23.7. The van der Waals surface area contributed by atoms with Crippen LogP contribution < -0.4 is 19.5 Å². The Kier molecular flexibility index (Phi) is 8.63. The standard InChI is InChI=1S/C24H25N5O3.ClH/c1-30-21-11-7-6-8-19(21)14-15-25-17-18-12-13-22(23(16-18)31-2)32-24-26-27-28-29(24)20-9-4-3-5-10-20;/h3-13,16,25H,14-15,17H2,1-2H3;1H. The lowest BCUT2D eigenvalue weighted by molar-refractivity contribution is 0.362. The summed E-state index contributed by atoms with van der Waals surface area (Å²) in [6.45, 7) is 1.53. The summed E-state index contributed by atoms with van der Waals surface area (Å²) in [6.07, 6.45) is 0.879. The van der Waals surface area contributed by atoms with Crippen LogP contribution in [-0.4, -0.2) is 41.0 Å². The third kappa shape index (κ3) is 6.00. The van der Waals surface area contributed by atoms with E-state index >= 15 is 0 Å². The van der Waals surface area contributed by atoms with Crippen molar-refractivity contribution in [1.82, 2.24) is 25.5 Å². The van der Waals surface area contributed by atoms with Gasteiger partial charge in [-0.25, -0.2) is 0 Å². The van der Waals surface area contributed by atoms with Gasteiger partial charge in [0.25, 0.3) is 0 Å². The van der Waals surface area contributed by atoms with Crippen LogP contribution >= 0.6 is 12.4 Å². The molecule has 3 aromatic carbocycles. The van der Waals surface area contributed by atoms with Crippen LogP contribution in [-0.2, 0) is 13.0 Å². The highest BCUT2D eigenvalue weighted by Crippen LogP contribution is 2.32. The number of aromatic nitrogens is 4. The zero-order valence-corrected chi connectivity index (χ0v) is 19.3. The number of rotatable bonds is 10. The Labute approximate surface area is 198 Å². The second kappa shape index (κ2) is 11.8. The summed E-state index contributed by atoms with van der Waals surface area (Å²) >= 11 is 0. The lowest BCUT2D eigenvalue weighted by Crippen LogP contribution is -2.17. The molecule has 0 atom stereocenters. The van der Waals surface area contributed by atoms with E-state index in [2.05, 4.69) is 26.9 Å². The summed E-state index contributed by atoms with van der Waals surface area (Å²) in [7, 11) is 3.31. The van der Waals surface area contributed by atoms with Crippen LogP contribution in [0.25, 0.3) is 5.69 Å². The number of ether oxygens (including phenoxy) is 3. The zero-order chi connectivity index (χ0) is 22.2. The Bertz CT molecular complexity index is 1150. The minimum absolute atomic E-state index is 0. The van der Waals surface area contributed by atoms with Crippen molar-refractivity contribution in [3.05, 3.63) is 83.9 Å². The topological polar surface area (TPSA) is 83.3 Å². The quantitative estimate of drug-likeness (QED) is 0.349. The van der Waals surface area contributed by atoms with E-state index in [0.29, 0.717) is 18.0 Å². The number of halogens is 1. The third-order valence-corrected chi connectivity index (χ3v) is 4.96. The predicted molar refractivity (Wildman–Crippen MR) is 128 cm³/mol. The smallest absolute Gasteiger partial charge is 0.346 e. The number of benzene rings is 3. The molecule has 0 bridgehead atoms. The molecule has 0 aliphatic heterocycles. The first-order valence-electron chi connectivity index (χ1n) is 10.3. The normalized spacial score (nSPS) is 10.4. The lowest BCUT2D eigenvalue weighted by atomic mass is 10.1. The van der Waals surface area contributed by atoms with Gasteiger partial charge in [-0.2, -0.15) is 4.68 Å². The van der Waals surface area contributed by atoms with E-state index < -0.39 is 0 Å². The van der Waals surface area contributed by atoms with E-state index in [1.807, 2.05) is 66.7 Å². The highest BCUT2D eigenvalue weighted by atomic mass is 35.5. The number of hydrogen-bond acceptors (Lipinski definition) is 7. The average molecular weight is 468 g/mol. The molecule has 0 radical (unpaired) electrons. The van der Waals surface area contributed by atoms with E-state index in [-0.39, 0.29) is 18.4 Å². The molecule has 1 heterocycles. The van der Waals surface area contributed by atoms with Gasteiger partial charge in [0.2, 0.25) is 0 Å². The monoisotopic (exact) mass is 467 g/mol. The van der Waals surface area contributed by atoms with Crippen molar-refractivity contribution in [2.75, 3.05) is 20.8 Å². The number of nitrogens with zero attached hydrogens (tertiary/aromatic N) is 4. The Balaban J connectivity index is 0.00000306. The largest absolute Gasteiger partial charge is 0.496 e. The van der Waals surface area contributed by atoms with E-state index in [9.17, 15) is 0 Å². The van der Waals surface area contributed by atoms with E-state index in [4.69, 9.17) is 14.2 Å². The average Bonchev–Trinajstić information content (AvgIpc) is 3.31. The first-order valence-corrected chi connectivity index (χ1v) is 10.3. The molecule has 0 unspecified atom stereocenters. The van der Waals surface area contributed by atoms with Crippen molar-refractivity contribution in [3.8, 4) is 28.9 Å². The molecule has 0 fully saturated rings. The second-order valence-corrected chi connectivity index (χ2v) is 7.03. The van der Waals surface area contributed by atoms with Crippen molar-refractivity contribution < 1.29 is 14.2 Å². The van der Waals surface area contributed by atoms with Gasteiger partial charge in [0, 0.05) is 6.54 Å². The highest BCUT2D eigenvalue weighted by molar-refractivity contribution is 5.85. The molecule has 8 nitrogen and oxygen atoms in total. The zero-order valence-electron chi connectivity index (χ0n) is 18.5. The van der Waals surface area contributed by atoms with Gasteiger partial charge in [0.15, 0.2) is 11.5 Å². The lowest BCUT2D eigenvalue weighted by Gasteiger charge is -2.12. The van der Waals surface area contributed by atoms with E-state index in [0.717, 1.165) is 30.0 Å². The maximum Gasteiger partial charge on any atom is 0.346 e. The Morgan fingerprint density at radius 1 is 0.848 bits per heavy atom. The van der Waals surface area contributed by atoms with E-state index in [1.165, 1.54) is 10.2 Å². The van der Waals surface area contributed by atoms with Gasteiger partial charge >= 0.3 is 6.01 Å². The molecule has 0 saturated heterocycles. The summed E-state index contributed by atoms with van der Waals surface area (Å²) < 4.78 is 18.4. The van der Waals surface area contributed by atoms with Gasteiger partial charge in [0.05, 0.1) is 19.9 Å². The number of hydrogen-bond donors (Lipinski definition) is 1. The molecule has 9 heteroatoms. The van der Waals surface area contributed by atoms with Crippen LogP contribution in [0.15, 0.2) is 72.8 Å². The molecular formula is C24H26ClN5O3. The first kappa shape index (κ1) is 24.0. The minimum Gasteiger partial charge on any atom is -0.496 e. The Hall–Kier alpha value is -3.62. The number of nitrogens with one attached hydrogen (secondary N) is 1. The summed E-state index contributed by atoms with van der Waals surface area (Å²) in [5.41, 5.74) is 3.07. The second-order valence-electron chi connectivity index (χ2n) is 7.03. The number of methoxy groups -OCH3 is 2.